The fraction of sp³-hybridized carbons (Fsp3) is 0.172. The summed E-state index contributed by atoms with van der Waals surface area (Å²) in [5, 5.41) is 22.8. The fourth-order valence-corrected chi connectivity index (χ4v) is 4.94. The third-order valence-corrected chi connectivity index (χ3v) is 7.03. The van der Waals surface area contributed by atoms with Gasteiger partial charge in [-0.05, 0) is 72.1 Å². The molecule has 0 saturated carbocycles. The molecular weight excluding hydrogens is 508 g/mol. The van der Waals surface area contributed by atoms with Gasteiger partial charge < -0.3 is 29.6 Å². The van der Waals surface area contributed by atoms with Crippen molar-refractivity contribution in [3.63, 3.8) is 0 Å². The van der Waals surface area contributed by atoms with Gasteiger partial charge in [-0.1, -0.05) is 17.7 Å². The maximum Gasteiger partial charge on any atom is 0.295 e. The van der Waals surface area contributed by atoms with Crippen molar-refractivity contribution in [1.29, 1.82) is 0 Å². The summed E-state index contributed by atoms with van der Waals surface area (Å²) >= 11 is 6.00. The van der Waals surface area contributed by atoms with Gasteiger partial charge in [0.1, 0.15) is 11.5 Å². The molecule has 9 heteroatoms. The lowest BCUT2D eigenvalue weighted by Crippen LogP contribution is -2.31. The number of benzene rings is 3. The number of methoxy groups -OCH3 is 2. The zero-order valence-corrected chi connectivity index (χ0v) is 21.5. The lowest BCUT2D eigenvalue weighted by atomic mass is 9.95. The minimum absolute atomic E-state index is 0.0503. The Morgan fingerprint density at radius 1 is 1.03 bits per heavy atom. The van der Waals surface area contributed by atoms with Crippen LogP contribution in [0.5, 0.6) is 17.2 Å². The molecule has 194 valence electrons. The summed E-state index contributed by atoms with van der Waals surface area (Å²) in [6.45, 7) is 0.194. The molecule has 3 N–H and O–H groups in total. The number of ketones is 1. The number of aromatic nitrogens is 1. The van der Waals surface area contributed by atoms with Crippen molar-refractivity contribution in [3.05, 3.63) is 94.1 Å². The van der Waals surface area contributed by atoms with Crippen molar-refractivity contribution in [2.24, 2.45) is 0 Å². The first-order valence-corrected chi connectivity index (χ1v) is 12.3. The number of amides is 1. The number of halogens is 1. The minimum atomic E-state index is -0.903. The molecule has 0 bridgehead atoms. The monoisotopic (exact) mass is 532 g/mol. The molecular formula is C29H25ClN2O6. The number of aliphatic hydroxyl groups is 1. The molecule has 2 heterocycles. The van der Waals surface area contributed by atoms with Gasteiger partial charge in [0.05, 0.1) is 25.8 Å². The number of phenols is 1. The molecule has 4 aromatic rings. The summed E-state index contributed by atoms with van der Waals surface area (Å²) in [5.41, 5.74) is 2.68. The molecule has 1 aliphatic rings. The molecule has 1 fully saturated rings. The van der Waals surface area contributed by atoms with Crippen LogP contribution >= 0.6 is 11.6 Å². The van der Waals surface area contributed by atoms with Crippen molar-refractivity contribution in [2.75, 3.05) is 20.8 Å². The number of aromatic hydroxyl groups is 1. The molecule has 1 aliphatic heterocycles. The van der Waals surface area contributed by atoms with Crippen LogP contribution in [0.3, 0.4) is 0 Å². The van der Waals surface area contributed by atoms with E-state index in [1.54, 1.807) is 43.5 Å². The van der Waals surface area contributed by atoms with E-state index >= 15 is 0 Å². The number of phenolic OH excluding ortho intramolecular Hbond substituents is 1. The van der Waals surface area contributed by atoms with Gasteiger partial charge in [0.25, 0.3) is 11.7 Å². The van der Waals surface area contributed by atoms with Crippen molar-refractivity contribution >= 4 is 40.0 Å². The Labute approximate surface area is 223 Å². The van der Waals surface area contributed by atoms with Gasteiger partial charge in [-0.25, -0.2) is 0 Å². The van der Waals surface area contributed by atoms with Gasteiger partial charge >= 0.3 is 0 Å². The van der Waals surface area contributed by atoms with Crippen LogP contribution < -0.4 is 9.47 Å². The van der Waals surface area contributed by atoms with Crippen LogP contribution in [0.2, 0.25) is 5.02 Å². The third kappa shape index (κ3) is 4.43. The van der Waals surface area contributed by atoms with E-state index in [0.717, 1.165) is 16.5 Å². The number of hydrogen-bond donors (Lipinski definition) is 3. The van der Waals surface area contributed by atoms with E-state index in [-0.39, 0.29) is 29.4 Å². The molecule has 0 unspecified atom stereocenters. The summed E-state index contributed by atoms with van der Waals surface area (Å²) in [7, 11) is 3.01. The number of H-pyrrole nitrogens is 1. The second-order valence-electron chi connectivity index (χ2n) is 8.91. The van der Waals surface area contributed by atoms with Crippen molar-refractivity contribution in [1.82, 2.24) is 9.88 Å². The lowest BCUT2D eigenvalue weighted by molar-refractivity contribution is -0.139. The average Bonchev–Trinajstić information content (AvgIpc) is 3.45. The summed E-state index contributed by atoms with van der Waals surface area (Å²) in [4.78, 5) is 31.3. The van der Waals surface area contributed by atoms with E-state index in [9.17, 15) is 19.8 Å². The molecule has 8 nitrogen and oxygen atoms in total. The zero-order valence-electron chi connectivity index (χ0n) is 20.7. The Morgan fingerprint density at radius 3 is 2.50 bits per heavy atom. The molecule has 5 rings (SSSR count). The van der Waals surface area contributed by atoms with Crippen molar-refractivity contribution in [3.8, 4) is 17.2 Å². The topological polar surface area (TPSA) is 112 Å². The van der Waals surface area contributed by atoms with Crippen LogP contribution in [0.1, 0.15) is 22.7 Å². The van der Waals surface area contributed by atoms with Gasteiger partial charge in [0.2, 0.25) is 0 Å². The SMILES string of the molecule is COc1ccc2[nH]cc(CCN3C(=O)C(=O)C(=C(O)c4ccc(Cl)cc4)[C@@H]3c3ccc(O)c(OC)c3)c2c1. The highest BCUT2D eigenvalue weighted by atomic mass is 35.5. The number of rotatable bonds is 7. The van der Waals surface area contributed by atoms with Crippen molar-refractivity contribution in [2.45, 2.75) is 12.5 Å². The molecule has 1 aromatic heterocycles. The first-order valence-electron chi connectivity index (χ1n) is 11.9. The van der Waals surface area contributed by atoms with E-state index in [1.165, 1.54) is 18.1 Å². The summed E-state index contributed by atoms with van der Waals surface area (Å²) < 4.78 is 10.6. The standard InChI is InChI=1S/C29H25ClN2O6/c1-37-20-8-9-22-21(14-20)18(15-31-22)11-12-32-26(17-5-10-23(33)24(13-17)38-2)25(28(35)29(32)36)27(34)16-3-6-19(30)7-4-16/h3-10,13-15,26,31,33-34H,11-12H2,1-2H3/t26-/m0/s1. The van der Waals surface area contributed by atoms with E-state index in [0.29, 0.717) is 28.3 Å². The number of aromatic amines is 1. The maximum atomic E-state index is 13.3. The molecule has 1 amide bonds. The largest absolute Gasteiger partial charge is 0.507 e. The first kappa shape index (κ1) is 25.2. The second-order valence-corrected chi connectivity index (χ2v) is 9.34. The predicted molar refractivity (Wildman–Crippen MR) is 144 cm³/mol. The number of nitrogens with one attached hydrogen (secondary N) is 1. The summed E-state index contributed by atoms with van der Waals surface area (Å²) in [5.74, 6) is -1.03. The highest BCUT2D eigenvalue weighted by molar-refractivity contribution is 6.46. The lowest BCUT2D eigenvalue weighted by Gasteiger charge is -2.25. The number of Topliss-reactive ketones (excluding diaryl/α,β-unsaturated/α-hetero) is 1. The Morgan fingerprint density at radius 2 is 1.79 bits per heavy atom. The maximum absolute atomic E-state index is 13.3. The number of carbonyl (C=O) groups excluding carboxylic acids is 2. The number of ether oxygens (including phenoxy) is 2. The zero-order chi connectivity index (χ0) is 27.0. The Bertz CT molecular complexity index is 1570. The number of hydrogen-bond acceptors (Lipinski definition) is 6. The summed E-state index contributed by atoms with van der Waals surface area (Å²) in [6, 6.07) is 15.7. The van der Waals surface area contributed by atoms with Crippen LogP contribution in [0, 0.1) is 0 Å². The molecule has 0 spiro atoms. The summed E-state index contributed by atoms with van der Waals surface area (Å²) in [6.07, 6.45) is 2.31. The average molecular weight is 533 g/mol. The molecule has 1 atom stereocenters. The highest BCUT2D eigenvalue weighted by Gasteiger charge is 2.46. The molecule has 0 aliphatic carbocycles. The van der Waals surface area contributed by atoms with E-state index < -0.39 is 17.7 Å². The van der Waals surface area contributed by atoms with Crippen LogP contribution in [0.25, 0.3) is 16.7 Å². The van der Waals surface area contributed by atoms with E-state index in [4.69, 9.17) is 21.1 Å². The van der Waals surface area contributed by atoms with Crippen LogP contribution in [-0.2, 0) is 16.0 Å². The Hall–Kier alpha value is -4.43. The van der Waals surface area contributed by atoms with E-state index in [2.05, 4.69) is 4.98 Å². The number of nitrogens with zero attached hydrogens (tertiary/aromatic N) is 1. The first-order chi connectivity index (χ1) is 18.3. The minimum Gasteiger partial charge on any atom is -0.507 e. The predicted octanol–water partition coefficient (Wildman–Crippen LogP) is 5.21. The van der Waals surface area contributed by atoms with Gasteiger partial charge in [0.15, 0.2) is 11.5 Å². The third-order valence-electron chi connectivity index (χ3n) is 6.77. The van der Waals surface area contributed by atoms with Gasteiger partial charge in [-0.15, -0.1) is 0 Å². The molecule has 38 heavy (non-hydrogen) atoms. The quantitative estimate of drug-likeness (QED) is 0.171. The van der Waals surface area contributed by atoms with Gasteiger partial charge in [-0.2, -0.15) is 0 Å². The van der Waals surface area contributed by atoms with Gasteiger partial charge in [0, 0.05) is 34.2 Å². The Kier molecular flexibility index (Phi) is 6.73. The molecule has 0 radical (unpaired) electrons. The number of carbonyl (C=O) groups is 2. The highest BCUT2D eigenvalue weighted by Crippen LogP contribution is 2.42. The second kappa shape index (κ2) is 10.1. The number of likely N-dealkylation sites (tertiary alicyclic amines) is 1. The number of fused-ring (bicyclic) bond motifs is 1. The molecule has 1 saturated heterocycles. The Balaban J connectivity index is 1.58. The van der Waals surface area contributed by atoms with Crippen LogP contribution in [0.15, 0.2) is 72.4 Å². The number of aliphatic hydroxyl groups excluding tert-OH is 1. The molecule has 3 aromatic carbocycles. The van der Waals surface area contributed by atoms with E-state index in [1.807, 2.05) is 24.4 Å². The normalized spacial score (nSPS) is 16.8. The smallest absolute Gasteiger partial charge is 0.295 e. The van der Waals surface area contributed by atoms with Gasteiger partial charge in [-0.3, -0.25) is 9.59 Å². The van der Waals surface area contributed by atoms with Crippen molar-refractivity contribution < 1.29 is 29.3 Å². The fourth-order valence-electron chi connectivity index (χ4n) is 4.82. The van der Waals surface area contributed by atoms with Crippen LogP contribution in [-0.4, -0.2) is 52.6 Å². The van der Waals surface area contributed by atoms with Crippen LogP contribution in [0.4, 0.5) is 0 Å².